The van der Waals surface area contributed by atoms with Crippen molar-refractivity contribution < 1.29 is 4.39 Å². The summed E-state index contributed by atoms with van der Waals surface area (Å²) >= 11 is 18.1. The van der Waals surface area contributed by atoms with E-state index in [9.17, 15) is 4.39 Å². The molecule has 100 valence electrons. The molecule has 0 aliphatic heterocycles. The third-order valence-corrected chi connectivity index (χ3v) is 3.84. The molecule has 0 aromatic heterocycles. The Hall–Kier alpha value is -0.960. The van der Waals surface area contributed by atoms with Crippen LogP contribution < -0.4 is 5.32 Å². The number of hydrogen-bond acceptors (Lipinski definition) is 1. The SMILES string of the molecule is Cc1cc(Cl)c(NCc2c(F)cccc2Cl)cc1Cl. The lowest BCUT2D eigenvalue weighted by Gasteiger charge is -2.12. The van der Waals surface area contributed by atoms with Crippen LogP contribution in [0.2, 0.25) is 15.1 Å². The van der Waals surface area contributed by atoms with E-state index in [1.54, 1.807) is 24.3 Å². The molecular weight excluding hydrogens is 308 g/mol. The quantitative estimate of drug-likeness (QED) is 0.764. The Balaban J connectivity index is 2.22. The van der Waals surface area contributed by atoms with Gasteiger partial charge in [-0.15, -0.1) is 0 Å². The third-order valence-electron chi connectivity index (χ3n) is 2.77. The van der Waals surface area contributed by atoms with Crippen LogP contribution in [0.3, 0.4) is 0 Å². The number of anilines is 1. The molecule has 0 atom stereocenters. The Labute approximate surface area is 126 Å². The highest BCUT2D eigenvalue weighted by Crippen LogP contribution is 2.30. The van der Waals surface area contributed by atoms with Gasteiger partial charge in [-0.1, -0.05) is 40.9 Å². The van der Waals surface area contributed by atoms with Crippen molar-refractivity contribution in [2.45, 2.75) is 13.5 Å². The van der Waals surface area contributed by atoms with Crippen LogP contribution in [0.4, 0.5) is 10.1 Å². The van der Waals surface area contributed by atoms with E-state index in [0.717, 1.165) is 5.56 Å². The van der Waals surface area contributed by atoms with Crippen molar-refractivity contribution >= 4 is 40.5 Å². The van der Waals surface area contributed by atoms with Crippen molar-refractivity contribution in [1.29, 1.82) is 0 Å². The van der Waals surface area contributed by atoms with Gasteiger partial charge in [0.1, 0.15) is 5.82 Å². The maximum Gasteiger partial charge on any atom is 0.129 e. The minimum absolute atomic E-state index is 0.241. The maximum atomic E-state index is 13.6. The van der Waals surface area contributed by atoms with E-state index in [4.69, 9.17) is 34.8 Å². The summed E-state index contributed by atoms with van der Waals surface area (Å²) in [6.07, 6.45) is 0. The Morgan fingerprint density at radius 3 is 2.47 bits per heavy atom. The van der Waals surface area contributed by atoms with E-state index in [-0.39, 0.29) is 12.4 Å². The second-order valence-electron chi connectivity index (χ2n) is 4.14. The van der Waals surface area contributed by atoms with Crippen LogP contribution in [-0.4, -0.2) is 0 Å². The predicted octanol–water partition coefficient (Wildman–Crippen LogP) is 5.71. The van der Waals surface area contributed by atoms with Gasteiger partial charge in [0.05, 0.1) is 10.7 Å². The van der Waals surface area contributed by atoms with Crippen molar-refractivity contribution in [2.75, 3.05) is 5.32 Å². The van der Waals surface area contributed by atoms with E-state index in [2.05, 4.69) is 5.32 Å². The first-order valence-electron chi connectivity index (χ1n) is 5.61. The molecule has 0 unspecified atom stereocenters. The number of nitrogens with one attached hydrogen (secondary N) is 1. The van der Waals surface area contributed by atoms with Gasteiger partial charge >= 0.3 is 0 Å². The van der Waals surface area contributed by atoms with E-state index < -0.39 is 0 Å². The lowest BCUT2D eigenvalue weighted by Crippen LogP contribution is -2.03. The zero-order valence-corrected chi connectivity index (χ0v) is 12.4. The highest BCUT2D eigenvalue weighted by molar-refractivity contribution is 6.35. The Kier molecular flexibility index (Phi) is 4.56. The molecule has 0 aliphatic carbocycles. The molecule has 5 heteroatoms. The van der Waals surface area contributed by atoms with Gasteiger partial charge in [0.2, 0.25) is 0 Å². The van der Waals surface area contributed by atoms with Gasteiger partial charge in [-0.3, -0.25) is 0 Å². The highest BCUT2D eigenvalue weighted by Gasteiger charge is 2.09. The maximum absolute atomic E-state index is 13.6. The molecule has 0 amide bonds. The van der Waals surface area contributed by atoms with Crippen LogP contribution in [0.1, 0.15) is 11.1 Å². The average molecular weight is 319 g/mol. The van der Waals surface area contributed by atoms with E-state index in [0.29, 0.717) is 26.3 Å². The average Bonchev–Trinajstić information content (AvgIpc) is 2.34. The molecule has 0 bridgehead atoms. The molecule has 1 N–H and O–H groups in total. The molecule has 0 spiro atoms. The number of hydrogen-bond donors (Lipinski definition) is 1. The summed E-state index contributed by atoms with van der Waals surface area (Å²) in [6.45, 7) is 2.11. The van der Waals surface area contributed by atoms with Crippen molar-refractivity contribution in [3.63, 3.8) is 0 Å². The molecule has 0 fully saturated rings. The lowest BCUT2D eigenvalue weighted by atomic mass is 10.2. The van der Waals surface area contributed by atoms with Gasteiger partial charge in [-0.2, -0.15) is 0 Å². The minimum atomic E-state index is -0.352. The van der Waals surface area contributed by atoms with Crippen LogP contribution in [0.25, 0.3) is 0 Å². The molecule has 0 aliphatic rings. The van der Waals surface area contributed by atoms with Gasteiger partial charge in [-0.25, -0.2) is 4.39 Å². The highest BCUT2D eigenvalue weighted by atomic mass is 35.5. The summed E-state index contributed by atoms with van der Waals surface area (Å²) in [6, 6.07) is 8.05. The summed E-state index contributed by atoms with van der Waals surface area (Å²) < 4.78 is 13.6. The minimum Gasteiger partial charge on any atom is -0.380 e. The standard InChI is InChI=1S/C14H11Cl3FN/c1-8-5-12(17)14(6-11(8)16)19-7-9-10(15)3-2-4-13(9)18/h2-6,19H,7H2,1H3. The fraction of sp³-hybridized carbons (Fsp3) is 0.143. The van der Waals surface area contributed by atoms with E-state index in [1.165, 1.54) is 6.07 Å². The first-order valence-corrected chi connectivity index (χ1v) is 6.75. The monoisotopic (exact) mass is 317 g/mol. The smallest absolute Gasteiger partial charge is 0.129 e. The predicted molar refractivity (Wildman–Crippen MR) is 79.9 cm³/mol. The topological polar surface area (TPSA) is 12.0 Å². The second-order valence-corrected chi connectivity index (χ2v) is 5.36. The zero-order chi connectivity index (χ0) is 14.0. The van der Waals surface area contributed by atoms with Crippen LogP contribution in [0, 0.1) is 12.7 Å². The summed E-state index contributed by atoms with van der Waals surface area (Å²) in [5, 5.41) is 4.55. The molecule has 0 saturated heterocycles. The van der Waals surface area contributed by atoms with Crippen LogP contribution >= 0.6 is 34.8 Å². The van der Waals surface area contributed by atoms with Gasteiger partial charge < -0.3 is 5.32 Å². The first-order chi connectivity index (χ1) is 8.99. The molecule has 19 heavy (non-hydrogen) atoms. The third kappa shape index (κ3) is 3.33. The van der Waals surface area contributed by atoms with Crippen LogP contribution in [0.5, 0.6) is 0 Å². The van der Waals surface area contributed by atoms with Crippen molar-refractivity contribution in [1.82, 2.24) is 0 Å². The van der Waals surface area contributed by atoms with E-state index >= 15 is 0 Å². The zero-order valence-electron chi connectivity index (χ0n) is 10.1. The summed E-state index contributed by atoms with van der Waals surface area (Å²) in [5.41, 5.74) is 1.94. The number of aryl methyl sites for hydroxylation is 1. The molecule has 2 rings (SSSR count). The second kappa shape index (κ2) is 6.00. The molecule has 0 radical (unpaired) electrons. The first kappa shape index (κ1) is 14.4. The Morgan fingerprint density at radius 1 is 1.05 bits per heavy atom. The Bertz CT molecular complexity index is 594. The van der Waals surface area contributed by atoms with E-state index in [1.807, 2.05) is 6.92 Å². The van der Waals surface area contributed by atoms with Crippen molar-refractivity contribution in [3.8, 4) is 0 Å². The fourth-order valence-corrected chi connectivity index (χ4v) is 2.35. The summed E-state index contributed by atoms with van der Waals surface area (Å²) in [7, 11) is 0. The van der Waals surface area contributed by atoms with Gasteiger partial charge in [0, 0.05) is 22.2 Å². The van der Waals surface area contributed by atoms with Gasteiger partial charge in [0.25, 0.3) is 0 Å². The molecule has 2 aromatic rings. The number of halogens is 4. The van der Waals surface area contributed by atoms with Crippen LogP contribution in [-0.2, 0) is 6.54 Å². The van der Waals surface area contributed by atoms with Crippen molar-refractivity contribution in [2.24, 2.45) is 0 Å². The molecule has 1 nitrogen and oxygen atoms in total. The van der Waals surface area contributed by atoms with Gasteiger partial charge in [0.15, 0.2) is 0 Å². The van der Waals surface area contributed by atoms with Crippen LogP contribution in [0.15, 0.2) is 30.3 Å². The normalized spacial score (nSPS) is 10.6. The molecular formula is C14H11Cl3FN. The largest absolute Gasteiger partial charge is 0.380 e. The summed E-state index contributed by atoms with van der Waals surface area (Å²) in [5.74, 6) is -0.352. The molecule has 0 heterocycles. The Morgan fingerprint density at radius 2 is 1.79 bits per heavy atom. The fourth-order valence-electron chi connectivity index (χ4n) is 1.67. The lowest BCUT2D eigenvalue weighted by molar-refractivity contribution is 0.613. The van der Waals surface area contributed by atoms with Gasteiger partial charge in [-0.05, 0) is 36.8 Å². The molecule has 2 aromatic carbocycles. The summed E-state index contributed by atoms with van der Waals surface area (Å²) in [4.78, 5) is 0. The number of rotatable bonds is 3. The van der Waals surface area contributed by atoms with Crippen molar-refractivity contribution in [3.05, 3.63) is 62.3 Å². The number of benzene rings is 2. The molecule has 0 saturated carbocycles.